The maximum atomic E-state index is 11.2. The Labute approximate surface area is 76.3 Å². The van der Waals surface area contributed by atoms with Crippen LogP contribution in [-0.2, 0) is 18.3 Å². The summed E-state index contributed by atoms with van der Waals surface area (Å²) in [6.45, 7) is 2.70. The van der Waals surface area contributed by atoms with Crippen LogP contribution >= 0.6 is 0 Å². The number of aryl methyl sites for hydroxylation is 1. The highest BCUT2D eigenvalue weighted by Gasteiger charge is 2.07. The summed E-state index contributed by atoms with van der Waals surface area (Å²) in [7, 11) is 1.71. The fourth-order valence-corrected chi connectivity index (χ4v) is 0.868. The van der Waals surface area contributed by atoms with Gasteiger partial charge in [0, 0.05) is 13.6 Å². The van der Waals surface area contributed by atoms with Gasteiger partial charge in [0.25, 0.3) is 0 Å². The molecule has 1 N–H and O–H groups in total. The molecule has 0 saturated heterocycles. The third kappa shape index (κ3) is 2.81. The summed E-state index contributed by atoms with van der Waals surface area (Å²) in [4.78, 5) is 11.2. The van der Waals surface area contributed by atoms with Crippen molar-refractivity contribution in [3.05, 3.63) is 5.82 Å². The first-order valence-electron chi connectivity index (χ1n) is 4.22. The number of nitrogens with one attached hydrogen (secondary N) is 1. The third-order valence-electron chi connectivity index (χ3n) is 1.60. The predicted molar refractivity (Wildman–Crippen MR) is 45.8 cm³/mol. The summed E-state index contributed by atoms with van der Waals surface area (Å²) in [5, 5.41) is 13.5. The van der Waals surface area contributed by atoms with Crippen molar-refractivity contribution in [2.45, 2.75) is 19.8 Å². The van der Waals surface area contributed by atoms with Crippen LogP contribution in [0.25, 0.3) is 0 Å². The molecule has 0 fully saturated rings. The average molecular weight is 183 g/mol. The Morgan fingerprint density at radius 3 is 2.92 bits per heavy atom. The number of nitrogens with zero attached hydrogens (tertiary/aromatic N) is 4. The van der Waals surface area contributed by atoms with Crippen LogP contribution in [0.3, 0.4) is 0 Å². The lowest BCUT2D eigenvalue weighted by atomic mass is 10.3. The van der Waals surface area contributed by atoms with Crippen LogP contribution in [-0.4, -0.2) is 32.7 Å². The van der Waals surface area contributed by atoms with Crippen LogP contribution in [0, 0.1) is 0 Å². The normalized spacial score (nSPS) is 10.0. The van der Waals surface area contributed by atoms with E-state index in [1.54, 1.807) is 7.05 Å². The summed E-state index contributed by atoms with van der Waals surface area (Å²) in [6, 6.07) is 0. The molecule has 0 radical (unpaired) electrons. The summed E-state index contributed by atoms with van der Waals surface area (Å²) >= 11 is 0. The van der Waals surface area contributed by atoms with Gasteiger partial charge in [-0.3, -0.25) is 4.79 Å². The van der Waals surface area contributed by atoms with E-state index in [9.17, 15) is 4.79 Å². The van der Waals surface area contributed by atoms with Gasteiger partial charge < -0.3 is 5.32 Å². The number of hydrogen-bond acceptors (Lipinski definition) is 4. The fraction of sp³-hybridized carbons (Fsp3) is 0.714. The van der Waals surface area contributed by atoms with Gasteiger partial charge in [0.2, 0.25) is 5.91 Å². The van der Waals surface area contributed by atoms with Gasteiger partial charge >= 0.3 is 0 Å². The van der Waals surface area contributed by atoms with Gasteiger partial charge in [0.1, 0.15) is 0 Å². The molecule has 6 heteroatoms. The molecule has 0 bridgehead atoms. The molecule has 0 saturated carbocycles. The zero-order chi connectivity index (χ0) is 9.68. The van der Waals surface area contributed by atoms with Crippen molar-refractivity contribution in [1.82, 2.24) is 25.5 Å². The van der Waals surface area contributed by atoms with Crippen molar-refractivity contribution < 1.29 is 4.79 Å². The topological polar surface area (TPSA) is 72.7 Å². The maximum Gasteiger partial charge on any atom is 0.227 e. The SMILES string of the molecule is CCCNC(=O)Cc1nnnn1C. The van der Waals surface area contributed by atoms with Crippen LogP contribution in [0.2, 0.25) is 0 Å². The lowest BCUT2D eigenvalue weighted by molar-refractivity contribution is -0.120. The van der Waals surface area contributed by atoms with Crippen LogP contribution in [0.15, 0.2) is 0 Å². The lowest BCUT2D eigenvalue weighted by Gasteiger charge is -2.01. The van der Waals surface area contributed by atoms with E-state index in [0.717, 1.165) is 6.42 Å². The van der Waals surface area contributed by atoms with Crippen LogP contribution in [0.1, 0.15) is 19.2 Å². The van der Waals surface area contributed by atoms with Crippen LogP contribution in [0.5, 0.6) is 0 Å². The monoisotopic (exact) mass is 183 g/mol. The Bertz CT molecular complexity index is 282. The molecule has 1 aromatic rings. The third-order valence-corrected chi connectivity index (χ3v) is 1.60. The molecule has 0 spiro atoms. The van der Waals surface area contributed by atoms with E-state index in [4.69, 9.17) is 0 Å². The highest BCUT2D eigenvalue weighted by molar-refractivity contribution is 5.77. The van der Waals surface area contributed by atoms with E-state index in [1.807, 2.05) is 6.92 Å². The molecule has 0 aromatic carbocycles. The van der Waals surface area contributed by atoms with Crippen molar-refractivity contribution >= 4 is 5.91 Å². The molecule has 72 valence electrons. The zero-order valence-electron chi connectivity index (χ0n) is 7.82. The molecule has 1 heterocycles. The van der Waals surface area contributed by atoms with E-state index in [0.29, 0.717) is 12.4 Å². The first-order chi connectivity index (χ1) is 6.24. The molecule has 0 aliphatic heterocycles. The van der Waals surface area contributed by atoms with Gasteiger partial charge in [0.15, 0.2) is 5.82 Å². The van der Waals surface area contributed by atoms with E-state index < -0.39 is 0 Å². The van der Waals surface area contributed by atoms with Gasteiger partial charge in [0.05, 0.1) is 6.42 Å². The minimum Gasteiger partial charge on any atom is -0.356 e. The summed E-state index contributed by atoms with van der Waals surface area (Å²) < 4.78 is 1.49. The zero-order valence-corrected chi connectivity index (χ0v) is 7.82. The van der Waals surface area contributed by atoms with Crippen LogP contribution in [0.4, 0.5) is 0 Å². The van der Waals surface area contributed by atoms with Crippen molar-refractivity contribution in [2.75, 3.05) is 6.54 Å². The molecule has 13 heavy (non-hydrogen) atoms. The van der Waals surface area contributed by atoms with Gasteiger partial charge in [-0.1, -0.05) is 6.92 Å². The lowest BCUT2D eigenvalue weighted by Crippen LogP contribution is -2.26. The Balaban J connectivity index is 2.41. The van der Waals surface area contributed by atoms with Gasteiger partial charge in [-0.25, -0.2) is 4.68 Å². The number of carbonyl (C=O) groups excluding carboxylic acids is 1. The number of amides is 1. The first kappa shape index (κ1) is 9.63. The Morgan fingerprint density at radius 2 is 2.38 bits per heavy atom. The summed E-state index contributed by atoms with van der Waals surface area (Å²) in [5.41, 5.74) is 0. The predicted octanol–water partition coefficient (Wildman–Crippen LogP) is -0.721. The first-order valence-corrected chi connectivity index (χ1v) is 4.22. The number of hydrogen-bond donors (Lipinski definition) is 1. The van der Waals surface area contributed by atoms with Crippen LogP contribution < -0.4 is 5.32 Å². The summed E-state index contributed by atoms with van der Waals surface area (Å²) in [5.74, 6) is 0.536. The average Bonchev–Trinajstić information content (AvgIpc) is 2.48. The smallest absolute Gasteiger partial charge is 0.227 e. The second kappa shape index (κ2) is 4.54. The second-order valence-electron chi connectivity index (χ2n) is 2.75. The molecule has 1 amide bonds. The van der Waals surface area contributed by atoms with E-state index in [2.05, 4.69) is 20.8 Å². The molecule has 6 nitrogen and oxygen atoms in total. The molecule has 1 aromatic heterocycles. The highest BCUT2D eigenvalue weighted by atomic mass is 16.1. The number of carbonyl (C=O) groups is 1. The minimum absolute atomic E-state index is 0.0419. The van der Waals surface area contributed by atoms with Crippen molar-refractivity contribution in [3.8, 4) is 0 Å². The quantitative estimate of drug-likeness (QED) is 0.668. The van der Waals surface area contributed by atoms with Crippen molar-refractivity contribution in [2.24, 2.45) is 7.05 Å². The Kier molecular flexibility index (Phi) is 3.36. The second-order valence-corrected chi connectivity index (χ2v) is 2.75. The van der Waals surface area contributed by atoms with E-state index in [1.165, 1.54) is 4.68 Å². The molecule has 0 atom stereocenters. The molecule has 1 rings (SSSR count). The standard InChI is InChI=1S/C7H13N5O/c1-3-4-8-7(13)5-6-9-10-11-12(6)2/h3-5H2,1-2H3,(H,8,13). The fourth-order valence-electron chi connectivity index (χ4n) is 0.868. The molecular weight excluding hydrogens is 170 g/mol. The summed E-state index contributed by atoms with van der Waals surface area (Å²) in [6.07, 6.45) is 1.17. The van der Waals surface area contributed by atoms with E-state index in [-0.39, 0.29) is 12.3 Å². The van der Waals surface area contributed by atoms with Gasteiger partial charge in [-0.2, -0.15) is 0 Å². The maximum absolute atomic E-state index is 11.2. The molecular formula is C7H13N5O. The highest BCUT2D eigenvalue weighted by Crippen LogP contribution is 1.89. The number of rotatable bonds is 4. The molecule has 0 unspecified atom stereocenters. The number of aromatic nitrogens is 4. The van der Waals surface area contributed by atoms with Gasteiger partial charge in [-0.05, 0) is 16.8 Å². The van der Waals surface area contributed by atoms with Gasteiger partial charge in [-0.15, -0.1) is 5.10 Å². The largest absolute Gasteiger partial charge is 0.356 e. The molecule has 0 aliphatic rings. The van der Waals surface area contributed by atoms with Crippen molar-refractivity contribution in [1.29, 1.82) is 0 Å². The Hall–Kier alpha value is -1.46. The van der Waals surface area contributed by atoms with Crippen molar-refractivity contribution in [3.63, 3.8) is 0 Å². The molecule has 0 aliphatic carbocycles. The Morgan fingerprint density at radius 1 is 1.62 bits per heavy atom. The minimum atomic E-state index is -0.0419. The number of tetrazole rings is 1. The van der Waals surface area contributed by atoms with E-state index >= 15 is 0 Å².